The molecule has 0 aliphatic heterocycles. The van der Waals surface area contributed by atoms with Crippen LogP contribution in [0.5, 0.6) is 0 Å². The second kappa shape index (κ2) is 10.2. The van der Waals surface area contributed by atoms with Crippen molar-refractivity contribution in [1.82, 2.24) is 0 Å². The molecule has 0 bridgehead atoms. The molecule has 0 radical (unpaired) electrons. The Hall–Kier alpha value is -0.780. The molecule has 0 amide bonds. The molecule has 0 N–H and O–H groups in total. The predicted molar refractivity (Wildman–Crippen MR) is 57.2 cm³/mol. The van der Waals surface area contributed by atoms with Gasteiger partial charge >= 0.3 is 0 Å². The van der Waals surface area contributed by atoms with E-state index < -0.39 is 0 Å². The molecule has 68 valence electrons. The lowest BCUT2D eigenvalue weighted by Gasteiger charge is -1.87. The zero-order valence-corrected chi connectivity index (χ0v) is 8.13. The van der Waals surface area contributed by atoms with Gasteiger partial charge in [-0.1, -0.05) is 50.1 Å². The minimum atomic E-state index is 0.989. The third-order valence-corrected chi connectivity index (χ3v) is 1.63. The van der Waals surface area contributed by atoms with Crippen molar-refractivity contribution < 1.29 is 0 Å². The molecule has 0 aliphatic rings. The zero-order valence-electron chi connectivity index (χ0n) is 8.13. The summed E-state index contributed by atoms with van der Waals surface area (Å²) in [4.78, 5) is 0. The molecule has 0 spiro atoms. The summed E-state index contributed by atoms with van der Waals surface area (Å²) < 4.78 is 0. The molecule has 0 atom stereocenters. The summed E-state index contributed by atoms with van der Waals surface area (Å²) in [7, 11) is 0. The molecule has 0 saturated carbocycles. The first-order valence-electron chi connectivity index (χ1n) is 4.82. The topological polar surface area (TPSA) is 0 Å². The van der Waals surface area contributed by atoms with Gasteiger partial charge in [0.15, 0.2) is 0 Å². The summed E-state index contributed by atoms with van der Waals surface area (Å²) in [6.07, 6.45) is 16.6. The van der Waals surface area contributed by atoms with Crippen molar-refractivity contribution in [1.29, 1.82) is 0 Å². The lowest BCUT2D eigenvalue weighted by molar-refractivity contribution is 0.813. The van der Waals surface area contributed by atoms with Crippen LogP contribution in [0.1, 0.15) is 39.0 Å². The average Bonchev–Trinajstić information content (AvgIpc) is 2.10. The van der Waals surface area contributed by atoms with Crippen molar-refractivity contribution in [2.45, 2.75) is 39.0 Å². The van der Waals surface area contributed by atoms with E-state index in [9.17, 15) is 0 Å². The van der Waals surface area contributed by atoms with Crippen molar-refractivity contribution in [2.75, 3.05) is 0 Å². The molecular weight excluding hydrogens is 144 g/mol. The van der Waals surface area contributed by atoms with Crippen LogP contribution in [0.3, 0.4) is 0 Å². The van der Waals surface area contributed by atoms with E-state index in [4.69, 9.17) is 0 Å². The van der Waals surface area contributed by atoms with Crippen molar-refractivity contribution in [3.05, 3.63) is 37.0 Å². The zero-order chi connectivity index (χ0) is 9.07. The fraction of sp³-hybridized carbons (Fsp3) is 0.500. The van der Waals surface area contributed by atoms with Gasteiger partial charge in [0.1, 0.15) is 0 Å². The van der Waals surface area contributed by atoms with Crippen LogP contribution in [0.25, 0.3) is 0 Å². The van der Waals surface area contributed by atoms with Crippen LogP contribution in [0.15, 0.2) is 37.0 Å². The highest BCUT2D eigenvalue weighted by Crippen LogP contribution is 1.96. The molecule has 0 rings (SSSR count). The van der Waals surface area contributed by atoms with E-state index in [2.05, 4.69) is 37.8 Å². The summed E-state index contributed by atoms with van der Waals surface area (Å²) in [6, 6.07) is 0. The second-order valence-electron chi connectivity index (χ2n) is 2.85. The van der Waals surface area contributed by atoms with Crippen LogP contribution in [-0.4, -0.2) is 0 Å². The standard InChI is InChI=1S/C12H20/c1-3-5-7-9-11-12-10-8-6-4-2/h3,7,9-10,12H,1,4-6,8,11H2,2H3/b9-7-,12-10-. The normalized spacial score (nSPS) is 11.4. The van der Waals surface area contributed by atoms with Crippen molar-refractivity contribution in [2.24, 2.45) is 0 Å². The fourth-order valence-electron chi connectivity index (χ4n) is 0.903. The number of allylic oxidation sites excluding steroid dienone is 5. The maximum atomic E-state index is 3.65. The molecule has 0 aromatic carbocycles. The van der Waals surface area contributed by atoms with Crippen molar-refractivity contribution in [3.63, 3.8) is 0 Å². The molecule has 0 unspecified atom stereocenters. The van der Waals surface area contributed by atoms with Gasteiger partial charge in [0.25, 0.3) is 0 Å². The van der Waals surface area contributed by atoms with Crippen LogP contribution >= 0.6 is 0 Å². The summed E-state index contributed by atoms with van der Waals surface area (Å²) in [5, 5.41) is 0. The summed E-state index contributed by atoms with van der Waals surface area (Å²) in [5.41, 5.74) is 0. The Morgan fingerprint density at radius 1 is 1.00 bits per heavy atom. The first-order chi connectivity index (χ1) is 5.91. The van der Waals surface area contributed by atoms with Gasteiger partial charge in [0.2, 0.25) is 0 Å². The van der Waals surface area contributed by atoms with Crippen LogP contribution < -0.4 is 0 Å². The highest BCUT2D eigenvalue weighted by molar-refractivity contribution is 4.95. The van der Waals surface area contributed by atoms with Crippen LogP contribution in [0, 0.1) is 0 Å². The Morgan fingerprint density at radius 3 is 2.33 bits per heavy atom. The monoisotopic (exact) mass is 164 g/mol. The lowest BCUT2D eigenvalue weighted by atomic mass is 10.2. The Bertz CT molecular complexity index is 140. The van der Waals surface area contributed by atoms with E-state index in [0.29, 0.717) is 0 Å². The van der Waals surface area contributed by atoms with Gasteiger partial charge in [0.05, 0.1) is 0 Å². The number of hydrogen-bond donors (Lipinski definition) is 0. The molecule has 0 saturated heterocycles. The first-order valence-corrected chi connectivity index (χ1v) is 4.82. The van der Waals surface area contributed by atoms with Crippen LogP contribution in [0.4, 0.5) is 0 Å². The highest BCUT2D eigenvalue weighted by atomic mass is 13.8. The minimum absolute atomic E-state index is 0.989. The third-order valence-electron chi connectivity index (χ3n) is 1.63. The average molecular weight is 164 g/mol. The molecule has 0 fully saturated rings. The van der Waals surface area contributed by atoms with Gasteiger partial charge in [-0.15, -0.1) is 6.58 Å². The van der Waals surface area contributed by atoms with Gasteiger partial charge in [-0.2, -0.15) is 0 Å². The van der Waals surface area contributed by atoms with Gasteiger partial charge in [-0.25, -0.2) is 0 Å². The maximum absolute atomic E-state index is 3.65. The van der Waals surface area contributed by atoms with Crippen LogP contribution in [0.2, 0.25) is 0 Å². The lowest BCUT2D eigenvalue weighted by Crippen LogP contribution is -1.66. The summed E-state index contributed by atoms with van der Waals surface area (Å²) in [5.74, 6) is 0. The van der Waals surface area contributed by atoms with E-state index >= 15 is 0 Å². The van der Waals surface area contributed by atoms with E-state index in [1.165, 1.54) is 19.3 Å². The van der Waals surface area contributed by atoms with Crippen molar-refractivity contribution >= 4 is 0 Å². The fourth-order valence-corrected chi connectivity index (χ4v) is 0.903. The van der Waals surface area contributed by atoms with E-state index in [1.807, 2.05) is 6.08 Å². The number of hydrogen-bond acceptors (Lipinski definition) is 0. The smallest absolute Gasteiger partial charge is 0.0169 e. The van der Waals surface area contributed by atoms with Gasteiger partial charge < -0.3 is 0 Å². The first kappa shape index (κ1) is 11.2. The predicted octanol–water partition coefficient (Wildman–Crippen LogP) is 4.26. The molecule has 0 aliphatic carbocycles. The number of unbranched alkanes of at least 4 members (excludes halogenated alkanes) is 2. The summed E-state index contributed by atoms with van der Waals surface area (Å²) in [6.45, 7) is 5.87. The molecule has 12 heavy (non-hydrogen) atoms. The molecular formula is C12H20. The second-order valence-corrected chi connectivity index (χ2v) is 2.85. The highest BCUT2D eigenvalue weighted by Gasteiger charge is 1.76. The molecule has 0 aromatic heterocycles. The molecule has 0 heterocycles. The Balaban J connectivity index is 3.17. The summed E-state index contributed by atoms with van der Waals surface area (Å²) >= 11 is 0. The van der Waals surface area contributed by atoms with Gasteiger partial charge in [-0.05, 0) is 19.3 Å². The van der Waals surface area contributed by atoms with E-state index in [-0.39, 0.29) is 0 Å². The van der Waals surface area contributed by atoms with E-state index in [1.54, 1.807) is 0 Å². The largest absolute Gasteiger partial charge is 0.103 e. The third kappa shape index (κ3) is 9.22. The van der Waals surface area contributed by atoms with Gasteiger partial charge in [-0.3, -0.25) is 0 Å². The Kier molecular flexibility index (Phi) is 9.56. The Morgan fingerprint density at radius 2 is 1.67 bits per heavy atom. The maximum Gasteiger partial charge on any atom is -0.0169 e. The Labute approximate surface area is 76.7 Å². The van der Waals surface area contributed by atoms with E-state index in [0.717, 1.165) is 12.8 Å². The molecule has 0 aromatic rings. The molecule has 0 heteroatoms. The van der Waals surface area contributed by atoms with Gasteiger partial charge in [0, 0.05) is 0 Å². The van der Waals surface area contributed by atoms with Crippen molar-refractivity contribution in [3.8, 4) is 0 Å². The minimum Gasteiger partial charge on any atom is -0.103 e. The quantitative estimate of drug-likeness (QED) is 0.389. The SMILES string of the molecule is C=CC/C=C\C/C=C\CCCC. The van der Waals surface area contributed by atoms with Crippen LogP contribution in [-0.2, 0) is 0 Å². The number of rotatable bonds is 7. The molecule has 0 nitrogen and oxygen atoms in total.